The van der Waals surface area contributed by atoms with Gasteiger partial charge in [0.1, 0.15) is 5.84 Å². The van der Waals surface area contributed by atoms with Crippen LogP contribution in [-0.2, 0) is 0 Å². The van der Waals surface area contributed by atoms with Crippen LogP contribution in [0.4, 0.5) is 0 Å². The highest BCUT2D eigenvalue weighted by molar-refractivity contribution is 14.1. The van der Waals surface area contributed by atoms with Crippen molar-refractivity contribution in [2.45, 2.75) is 6.92 Å². The van der Waals surface area contributed by atoms with Gasteiger partial charge in [0.2, 0.25) is 0 Å². The molecule has 1 rings (SSSR count). The van der Waals surface area contributed by atoms with Gasteiger partial charge < -0.3 is 5.73 Å². The maximum atomic E-state index is 7.18. The van der Waals surface area contributed by atoms with E-state index in [1.165, 1.54) is 5.56 Å². The largest absolute Gasteiger partial charge is 0.384 e. The Kier molecular flexibility index (Phi) is 2.49. The average Bonchev–Trinajstić information content (AvgIpc) is 1.94. The van der Waals surface area contributed by atoms with E-state index in [9.17, 15) is 0 Å². The van der Waals surface area contributed by atoms with E-state index in [-0.39, 0.29) is 5.84 Å². The van der Waals surface area contributed by atoms with E-state index in [1.807, 2.05) is 25.1 Å². The molecule has 0 saturated heterocycles. The fourth-order valence-corrected chi connectivity index (χ4v) is 1.28. The first-order chi connectivity index (χ1) is 5.11. The third-order valence-electron chi connectivity index (χ3n) is 1.48. The van der Waals surface area contributed by atoms with Crippen LogP contribution < -0.4 is 5.73 Å². The maximum absolute atomic E-state index is 7.18. The summed E-state index contributed by atoms with van der Waals surface area (Å²) in [6.07, 6.45) is 0. The Morgan fingerprint density at radius 3 is 2.64 bits per heavy atom. The van der Waals surface area contributed by atoms with Crippen LogP contribution in [0.25, 0.3) is 0 Å². The number of nitrogens with one attached hydrogen (secondary N) is 1. The van der Waals surface area contributed by atoms with Crippen LogP contribution in [0.15, 0.2) is 18.2 Å². The molecule has 0 saturated carbocycles. The number of hydrogen-bond acceptors (Lipinski definition) is 1. The van der Waals surface area contributed by atoms with Gasteiger partial charge in [0.25, 0.3) is 0 Å². The van der Waals surface area contributed by atoms with Gasteiger partial charge in [-0.3, -0.25) is 5.41 Å². The lowest BCUT2D eigenvalue weighted by Crippen LogP contribution is -2.11. The minimum Gasteiger partial charge on any atom is -0.384 e. The van der Waals surface area contributed by atoms with Gasteiger partial charge in [-0.2, -0.15) is 0 Å². The summed E-state index contributed by atoms with van der Waals surface area (Å²) in [5.41, 5.74) is 7.32. The van der Waals surface area contributed by atoms with Crippen LogP contribution in [0.2, 0.25) is 0 Å². The minimum absolute atomic E-state index is 0.128. The normalized spacial score (nSPS) is 9.64. The van der Waals surface area contributed by atoms with Crippen molar-refractivity contribution < 1.29 is 0 Å². The monoisotopic (exact) mass is 260 g/mol. The summed E-state index contributed by atoms with van der Waals surface area (Å²) < 4.78 is 1.15. The summed E-state index contributed by atoms with van der Waals surface area (Å²) in [5, 5.41) is 7.18. The highest BCUT2D eigenvalue weighted by atomic mass is 127. The number of halogens is 1. The molecule has 0 aliphatic carbocycles. The molecule has 1 aromatic rings. The first-order valence-electron chi connectivity index (χ1n) is 3.22. The number of nitrogen functional groups attached to an aromatic ring is 1. The second kappa shape index (κ2) is 3.21. The van der Waals surface area contributed by atoms with Gasteiger partial charge in [0.05, 0.1) is 0 Å². The van der Waals surface area contributed by atoms with E-state index in [2.05, 4.69) is 22.6 Å². The highest BCUT2D eigenvalue weighted by Gasteiger charge is 1.98. The molecule has 0 radical (unpaired) electrons. The molecule has 3 heteroatoms. The Balaban J connectivity index is 3.15. The molecule has 1 aromatic carbocycles. The van der Waals surface area contributed by atoms with Crippen LogP contribution >= 0.6 is 22.6 Å². The summed E-state index contributed by atoms with van der Waals surface area (Å²) in [6.45, 7) is 2.03. The Morgan fingerprint density at radius 1 is 1.55 bits per heavy atom. The SMILES string of the molecule is Cc1ccc(C(=N)N)cc1I. The van der Waals surface area contributed by atoms with E-state index < -0.39 is 0 Å². The quantitative estimate of drug-likeness (QED) is 0.452. The highest BCUT2D eigenvalue weighted by Crippen LogP contribution is 2.12. The van der Waals surface area contributed by atoms with Gasteiger partial charge in [0, 0.05) is 9.13 Å². The Hall–Kier alpha value is -0.580. The van der Waals surface area contributed by atoms with Crippen LogP contribution in [0.3, 0.4) is 0 Å². The molecular weight excluding hydrogens is 251 g/mol. The van der Waals surface area contributed by atoms with E-state index in [1.54, 1.807) is 0 Å². The maximum Gasteiger partial charge on any atom is 0.122 e. The zero-order valence-corrected chi connectivity index (χ0v) is 8.34. The number of hydrogen-bond donors (Lipinski definition) is 2. The zero-order valence-electron chi connectivity index (χ0n) is 6.19. The van der Waals surface area contributed by atoms with Crippen molar-refractivity contribution in [2.75, 3.05) is 0 Å². The van der Waals surface area contributed by atoms with Crippen molar-refractivity contribution in [1.82, 2.24) is 0 Å². The summed E-state index contributed by atoms with van der Waals surface area (Å²) in [4.78, 5) is 0. The van der Waals surface area contributed by atoms with Crippen molar-refractivity contribution in [3.05, 3.63) is 32.9 Å². The lowest BCUT2D eigenvalue weighted by atomic mass is 10.1. The molecule has 0 heterocycles. The van der Waals surface area contributed by atoms with Crippen LogP contribution in [0.5, 0.6) is 0 Å². The third kappa shape index (κ3) is 1.92. The van der Waals surface area contributed by atoms with Gasteiger partial charge in [-0.15, -0.1) is 0 Å². The van der Waals surface area contributed by atoms with Crippen molar-refractivity contribution in [1.29, 1.82) is 5.41 Å². The molecule has 0 aromatic heterocycles. The van der Waals surface area contributed by atoms with Crippen molar-refractivity contribution in [3.8, 4) is 0 Å². The second-order valence-corrected chi connectivity index (χ2v) is 3.54. The minimum atomic E-state index is 0.128. The molecule has 0 atom stereocenters. The number of aryl methyl sites for hydroxylation is 1. The standard InChI is InChI=1S/C8H9IN2/c1-5-2-3-6(8(10)11)4-7(5)9/h2-4H,1H3,(H3,10,11). The van der Waals surface area contributed by atoms with E-state index >= 15 is 0 Å². The molecule has 0 aliphatic heterocycles. The Labute approximate surface area is 79.4 Å². The van der Waals surface area contributed by atoms with Gasteiger partial charge in [-0.05, 0) is 41.1 Å². The lowest BCUT2D eigenvalue weighted by Gasteiger charge is -2.00. The molecule has 3 N–H and O–H groups in total. The molecule has 0 amide bonds. The zero-order chi connectivity index (χ0) is 8.43. The Bertz CT molecular complexity index is 294. The smallest absolute Gasteiger partial charge is 0.122 e. The summed E-state index contributed by atoms with van der Waals surface area (Å²) >= 11 is 2.23. The first kappa shape index (κ1) is 8.52. The van der Waals surface area contributed by atoms with Gasteiger partial charge in [-0.1, -0.05) is 12.1 Å². The molecule has 2 nitrogen and oxygen atoms in total. The van der Waals surface area contributed by atoms with Crippen molar-refractivity contribution in [2.24, 2.45) is 5.73 Å². The van der Waals surface area contributed by atoms with Gasteiger partial charge >= 0.3 is 0 Å². The fourth-order valence-electron chi connectivity index (χ4n) is 0.760. The van der Waals surface area contributed by atoms with E-state index in [0.717, 1.165) is 9.13 Å². The molecule has 0 fully saturated rings. The number of benzene rings is 1. The summed E-state index contributed by atoms with van der Waals surface area (Å²) in [7, 11) is 0. The van der Waals surface area contributed by atoms with Crippen LogP contribution in [-0.4, -0.2) is 5.84 Å². The van der Waals surface area contributed by atoms with Gasteiger partial charge in [0.15, 0.2) is 0 Å². The predicted molar refractivity (Wildman–Crippen MR) is 54.9 cm³/mol. The molecule has 0 bridgehead atoms. The predicted octanol–water partition coefficient (Wildman–Crippen LogP) is 1.88. The fraction of sp³-hybridized carbons (Fsp3) is 0.125. The number of amidine groups is 1. The second-order valence-electron chi connectivity index (χ2n) is 2.38. The molecule has 0 spiro atoms. The molecular formula is C8H9IN2. The van der Waals surface area contributed by atoms with E-state index in [4.69, 9.17) is 11.1 Å². The van der Waals surface area contributed by atoms with Crippen LogP contribution in [0, 0.1) is 15.9 Å². The van der Waals surface area contributed by atoms with Crippen LogP contribution in [0.1, 0.15) is 11.1 Å². The Morgan fingerprint density at radius 2 is 2.18 bits per heavy atom. The van der Waals surface area contributed by atoms with E-state index in [0.29, 0.717) is 0 Å². The first-order valence-corrected chi connectivity index (χ1v) is 4.29. The summed E-state index contributed by atoms with van der Waals surface area (Å²) in [5.74, 6) is 0.128. The molecule has 0 aliphatic rings. The topological polar surface area (TPSA) is 49.9 Å². The third-order valence-corrected chi connectivity index (χ3v) is 2.65. The molecule has 11 heavy (non-hydrogen) atoms. The van der Waals surface area contributed by atoms with Crippen molar-refractivity contribution in [3.63, 3.8) is 0 Å². The average molecular weight is 260 g/mol. The summed E-state index contributed by atoms with van der Waals surface area (Å²) in [6, 6.07) is 5.75. The van der Waals surface area contributed by atoms with Gasteiger partial charge in [-0.25, -0.2) is 0 Å². The molecule has 58 valence electrons. The number of nitrogens with two attached hydrogens (primary N) is 1. The molecule has 0 unspecified atom stereocenters. The number of rotatable bonds is 1. The van der Waals surface area contributed by atoms with Crippen molar-refractivity contribution >= 4 is 28.4 Å². The lowest BCUT2D eigenvalue weighted by molar-refractivity contribution is 1.38.